The molecule has 1 fully saturated rings. The summed E-state index contributed by atoms with van der Waals surface area (Å²) in [5, 5.41) is 5.71. The molecule has 0 unspecified atom stereocenters. The van der Waals surface area contributed by atoms with Crippen molar-refractivity contribution in [2.75, 3.05) is 5.32 Å². The Morgan fingerprint density at radius 1 is 1.12 bits per heavy atom. The van der Waals surface area contributed by atoms with Gasteiger partial charge in [0.1, 0.15) is 6.10 Å². The Morgan fingerprint density at radius 3 is 2.64 bits per heavy atom. The van der Waals surface area contributed by atoms with Gasteiger partial charge in [-0.3, -0.25) is 10.1 Å². The molecule has 5 nitrogen and oxygen atoms in total. The van der Waals surface area contributed by atoms with Crippen molar-refractivity contribution in [3.05, 3.63) is 51.7 Å². The number of carbonyl (C=O) groups is 2. The third-order valence-corrected chi connectivity index (χ3v) is 5.28. The van der Waals surface area contributed by atoms with Gasteiger partial charge in [-0.25, -0.2) is 4.79 Å². The maximum Gasteiger partial charge on any atom is 0.411 e. The number of nitrogens with one attached hydrogen (secondary N) is 2. The Kier molecular flexibility index (Phi) is 5.94. The number of rotatable bonds is 4. The topological polar surface area (TPSA) is 67.4 Å². The van der Waals surface area contributed by atoms with E-state index in [9.17, 15) is 9.59 Å². The average Bonchev–Trinajstić information content (AvgIpc) is 3.02. The van der Waals surface area contributed by atoms with Gasteiger partial charge in [-0.05, 0) is 43.5 Å². The van der Waals surface area contributed by atoms with Crippen molar-refractivity contribution in [3.63, 3.8) is 0 Å². The monoisotopic (exact) mass is 378 g/mol. The van der Waals surface area contributed by atoms with Crippen LogP contribution < -0.4 is 10.6 Å². The van der Waals surface area contributed by atoms with E-state index in [1.54, 1.807) is 24.3 Å². The van der Waals surface area contributed by atoms with Crippen LogP contribution in [0.15, 0.2) is 42.5 Å². The number of halogens is 1. The third-order valence-electron chi connectivity index (χ3n) is 4.05. The van der Waals surface area contributed by atoms with Gasteiger partial charge in [0, 0.05) is 18.2 Å². The van der Waals surface area contributed by atoms with Crippen LogP contribution in [0.2, 0.25) is 4.34 Å². The molecule has 0 aliphatic heterocycles. The molecule has 1 aromatic heterocycles. The van der Waals surface area contributed by atoms with Crippen molar-refractivity contribution >= 4 is 40.6 Å². The summed E-state index contributed by atoms with van der Waals surface area (Å²) in [4.78, 5) is 24.8. The van der Waals surface area contributed by atoms with Crippen molar-refractivity contribution in [1.29, 1.82) is 0 Å². The van der Waals surface area contributed by atoms with E-state index < -0.39 is 6.09 Å². The molecular weight excluding hydrogens is 360 g/mol. The lowest BCUT2D eigenvalue weighted by Gasteiger charge is -2.29. The molecule has 2 aromatic rings. The largest absolute Gasteiger partial charge is 0.446 e. The lowest BCUT2D eigenvalue weighted by molar-refractivity contribution is 0.0714. The van der Waals surface area contributed by atoms with Gasteiger partial charge >= 0.3 is 6.09 Å². The van der Waals surface area contributed by atoms with Gasteiger partial charge in [0.2, 0.25) is 0 Å². The lowest BCUT2D eigenvalue weighted by Crippen LogP contribution is -2.41. The Bertz CT molecular complexity index is 735. The first-order chi connectivity index (χ1) is 12.1. The van der Waals surface area contributed by atoms with Crippen molar-refractivity contribution in [2.24, 2.45) is 0 Å². The second kappa shape index (κ2) is 8.36. The number of hydrogen-bond donors (Lipinski definition) is 2. The summed E-state index contributed by atoms with van der Waals surface area (Å²) in [6, 6.07) is 12.6. The first-order valence-corrected chi connectivity index (χ1v) is 9.38. The zero-order valence-corrected chi connectivity index (χ0v) is 15.1. The Morgan fingerprint density at radius 2 is 1.92 bits per heavy atom. The minimum atomic E-state index is -0.465. The van der Waals surface area contributed by atoms with E-state index in [0.29, 0.717) is 21.3 Å². The van der Waals surface area contributed by atoms with Crippen LogP contribution in [-0.2, 0) is 4.74 Å². The van der Waals surface area contributed by atoms with E-state index in [1.807, 2.05) is 18.2 Å². The molecule has 1 heterocycles. The standard InChI is InChI=1S/C18H19ClN2O3S/c19-16-10-9-15(25-16)17(22)20-13-7-4-8-14(11-13)24-18(23)21-12-5-2-1-3-6-12/h1-3,5-6,9-10,13-14H,4,7-8,11H2,(H,20,22)(H,21,23)/t13-,14-/m1/s1. The number of benzene rings is 1. The second-order valence-electron chi connectivity index (χ2n) is 5.96. The van der Waals surface area contributed by atoms with Crippen molar-refractivity contribution in [1.82, 2.24) is 5.32 Å². The molecule has 132 valence electrons. The van der Waals surface area contributed by atoms with Crippen LogP contribution >= 0.6 is 22.9 Å². The minimum Gasteiger partial charge on any atom is -0.446 e. The van der Waals surface area contributed by atoms with Crippen molar-refractivity contribution in [3.8, 4) is 0 Å². The molecule has 25 heavy (non-hydrogen) atoms. The fourth-order valence-corrected chi connectivity index (χ4v) is 3.84. The molecule has 0 saturated heterocycles. The number of amides is 2. The predicted octanol–water partition coefficient (Wildman–Crippen LogP) is 4.69. The Labute approximate surface area is 155 Å². The summed E-state index contributed by atoms with van der Waals surface area (Å²) in [7, 11) is 0. The van der Waals surface area contributed by atoms with E-state index in [4.69, 9.17) is 16.3 Å². The van der Waals surface area contributed by atoms with Crippen LogP contribution in [0, 0.1) is 0 Å². The molecule has 1 saturated carbocycles. The summed E-state index contributed by atoms with van der Waals surface area (Å²) in [5.41, 5.74) is 0.697. The Hall–Kier alpha value is -2.05. The molecule has 1 aromatic carbocycles. The zero-order chi connectivity index (χ0) is 17.6. The molecule has 2 atom stereocenters. The highest BCUT2D eigenvalue weighted by Crippen LogP contribution is 2.24. The van der Waals surface area contributed by atoms with E-state index in [-0.39, 0.29) is 18.1 Å². The number of thiophene rings is 1. The molecule has 0 spiro atoms. The number of carbonyl (C=O) groups excluding carboxylic acids is 2. The van der Waals surface area contributed by atoms with Crippen molar-refractivity contribution in [2.45, 2.75) is 37.8 Å². The van der Waals surface area contributed by atoms with Crippen LogP contribution in [0.3, 0.4) is 0 Å². The lowest BCUT2D eigenvalue weighted by atomic mass is 9.93. The number of hydrogen-bond acceptors (Lipinski definition) is 4. The van der Waals surface area contributed by atoms with E-state index >= 15 is 0 Å². The molecule has 2 amide bonds. The molecule has 1 aliphatic rings. The summed E-state index contributed by atoms with van der Waals surface area (Å²) < 4.78 is 6.09. The van der Waals surface area contributed by atoms with Crippen LogP contribution in [0.1, 0.15) is 35.4 Å². The SMILES string of the molecule is O=C(Nc1ccccc1)O[C@@H]1CCC[C@@H](NC(=O)c2ccc(Cl)s2)C1. The summed E-state index contributed by atoms with van der Waals surface area (Å²) in [5.74, 6) is -0.128. The van der Waals surface area contributed by atoms with Gasteiger partial charge in [0.15, 0.2) is 0 Å². The van der Waals surface area contributed by atoms with Gasteiger partial charge in [-0.15, -0.1) is 11.3 Å². The summed E-state index contributed by atoms with van der Waals surface area (Å²) in [6.45, 7) is 0. The van der Waals surface area contributed by atoms with E-state index in [1.165, 1.54) is 11.3 Å². The van der Waals surface area contributed by atoms with Crippen LogP contribution in [0.5, 0.6) is 0 Å². The fourth-order valence-electron chi connectivity index (χ4n) is 2.90. The summed E-state index contributed by atoms with van der Waals surface area (Å²) in [6.07, 6.45) is 2.54. The normalized spacial score (nSPS) is 19.9. The van der Waals surface area contributed by atoms with Gasteiger partial charge in [0.05, 0.1) is 9.21 Å². The van der Waals surface area contributed by atoms with E-state index in [0.717, 1.165) is 19.3 Å². The zero-order valence-electron chi connectivity index (χ0n) is 13.5. The van der Waals surface area contributed by atoms with Gasteiger partial charge in [-0.1, -0.05) is 29.8 Å². The molecule has 1 aliphatic carbocycles. The third kappa shape index (κ3) is 5.21. The van der Waals surface area contributed by atoms with Crippen LogP contribution in [0.25, 0.3) is 0 Å². The van der Waals surface area contributed by atoms with Gasteiger partial charge < -0.3 is 10.1 Å². The quantitative estimate of drug-likeness (QED) is 0.810. The maximum atomic E-state index is 12.2. The number of anilines is 1. The molecular formula is C18H19ClN2O3S. The first kappa shape index (κ1) is 17.8. The number of para-hydroxylation sites is 1. The average molecular weight is 379 g/mol. The molecule has 0 radical (unpaired) electrons. The molecule has 2 N–H and O–H groups in total. The second-order valence-corrected chi connectivity index (χ2v) is 7.67. The predicted molar refractivity (Wildman–Crippen MR) is 99.4 cm³/mol. The van der Waals surface area contributed by atoms with Crippen LogP contribution in [-0.4, -0.2) is 24.1 Å². The Balaban J connectivity index is 1.49. The number of ether oxygens (including phenoxy) is 1. The minimum absolute atomic E-state index is 0.00310. The highest BCUT2D eigenvalue weighted by atomic mass is 35.5. The molecule has 7 heteroatoms. The van der Waals surface area contributed by atoms with Crippen molar-refractivity contribution < 1.29 is 14.3 Å². The summed E-state index contributed by atoms with van der Waals surface area (Å²) >= 11 is 7.12. The highest BCUT2D eigenvalue weighted by molar-refractivity contribution is 7.18. The maximum absolute atomic E-state index is 12.2. The van der Waals surface area contributed by atoms with Gasteiger partial charge in [-0.2, -0.15) is 0 Å². The first-order valence-electron chi connectivity index (χ1n) is 8.19. The van der Waals surface area contributed by atoms with Gasteiger partial charge in [0.25, 0.3) is 5.91 Å². The van der Waals surface area contributed by atoms with E-state index in [2.05, 4.69) is 10.6 Å². The smallest absolute Gasteiger partial charge is 0.411 e. The highest BCUT2D eigenvalue weighted by Gasteiger charge is 2.26. The molecule has 0 bridgehead atoms. The van der Waals surface area contributed by atoms with Crippen LogP contribution in [0.4, 0.5) is 10.5 Å². The fraction of sp³-hybridized carbons (Fsp3) is 0.333. The molecule has 3 rings (SSSR count).